The Morgan fingerprint density at radius 3 is 2.58 bits per heavy atom. The third-order valence-electron chi connectivity index (χ3n) is 6.51. The van der Waals surface area contributed by atoms with E-state index in [2.05, 4.69) is 11.4 Å². The first kappa shape index (κ1) is 26.0. The molecular weight excluding hydrogens is 478 g/mol. The Morgan fingerprint density at radius 1 is 1.11 bits per heavy atom. The average molecular weight is 512 g/mol. The summed E-state index contributed by atoms with van der Waals surface area (Å²) in [7, 11) is 3.13. The predicted molar refractivity (Wildman–Crippen MR) is 138 cm³/mol. The standard InChI is InChI=1S/C28H33NO6S/c1-16(2)34-11-12-35-28(31)24-17(3)29-20-14-18(23-10-7-13-36-23)15-21(30)26(20)25(24)19-8-6-9-22(32-4)27(19)33-5/h6-10,13,16,18,25,29H,11-12,14-15H2,1-5H3. The van der Waals surface area contributed by atoms with E-state index in [1.807, 2.05) is 44.4 Å². The molecule has 0 fully saturated rings. The van der Waals surface area contributed by atoms with Gasteiger partial charge in [-0.3, -0.25) is 4.79 Å². The second-order valence-corrected chi connectivity index (χ2v) is 10.2. The van der Waals surface area contributed by atoms with Crippen LogP contribution in [0, 0.1) is 0 Å². The molecule has 1 N–H and O–H groups in total. The van der Waals surface area contributed by atoms with E-state index in [0.717, 1.165) is 5.70 Å². The minimum absolute atomic E-state index is 0.0120. The number of ether oxygens (including phenoxy) is 4. The predicted octanol–water partition coefficient (Wildman–Crippen LogP) is 5.10. The summed E-state index contributed by atoms with van der Waals surface area (Å²) >= 11 is 1.66. The number of hydrogen-bond donors (Lipinski definition) is 1. The second kappa shape index (κ2) is 11.3. The van der Waals surface area contributed by atoms with Crippen LogP contribution in [0.25, 0.3) is 0 Å². The van der Waals surface area contributed by atoms with E-state index >= 15 is 0 Å². The highest BCUT2D eigenvalue weighted by molar-refractivity contribution is 7.10. The zero-order valence-electron chi connectivity index (χ0n) is 21.4. The molecule has 7 nitrogen and oxygen atoms in total. The van der Waals surface area contributed by atoms with Crippen molar-refractivity contribution in [1.82, 2.24) is 5.32 Å². The number of rotatable bonds is 9. The normalized spacial score (nSPS) is 19.8. The van der Waals surface area contributed by atoms with Crippen molar-refractivity contribution >= 4 is 23.1 Å². The topological polar surface area (TPSA) is 83.1 Å². The SMILES string of the molecule is COc1cccc(C2C(C(=O)OCCOC(C)C)=C(C)NC3=C2C(=O)CC(c2cccs2)C3)c1OC. The van der Waals surface area contributed by atoms with Gasteiger partial charge in [-0.1, -0.05) is 18.2 Å². The lowest BCUT2D eigenvalue weighted by Crippen LogP contribution is -2.36. The van der Waals surface area contributed by atoms with Crippen LogP contribution in [0.2, 0.25) is 0 Å². The van der Waals surface area contributed by atoms with Crippen molar-refractivity contribution in [3.63, 3.8) is 0 Å². The van der Waals surface area contributed by atoms with E-state index < -0.39 is 11.9 Å². The number of thiophene rings is 1. The lowest BCUT2D eigenvalue weighted by atomic mass is 9.72. The van der Waals surface area contributed by atoms with Gasteiger partial charge in [-0.2, -0.15) is 0 Å². The molecule has 1 aliphatic carbocycles. The summed E-state index contributed by atoms with van der Waals surface area (Å²) in [6, 6.07) is 9.60. The molecule has 2 heterocycles. The van der Waals surface area contributed by atoms with Crippen molar-refractivity contribution in [3.8, 4) is 11.5 Å². The van der Waals surface area contributed by atoms with Crippen LogP contribution >= 0.6 is 11.3 Å². The van der Waals surface area contributed by atoms with E-state index in [4.69, 9.17) is 18.9 Å². The van der Waals surface area contributed by atoms with Crippen LogP contribution in [0.3, 0.4) is 0 Å². The minimum atomic E-state index is -0.637. The van der Waals surface area contributed by atoms with Crippen molar-refractivity contribution in [2.75, 3.05) is 27.4 Å². The average Bonchev–Trinajstić information content (AvgIpc) is 3.40. The molecule has 2 unspecified atom stereocenters. The molecule has 0 saturated heterocycles. The second-order valence-electron chi connectivity index (χ2n) is 9.17. The highest BCUT2D eigenvalue weighted by Gasteiger charge is 2.43. The van der Waals surface area contributed by atoms with Gasteiger partial charge in [-0.15, -0.1) is 11.3 Å². The number of dihydropyridines is 1. The van der Waals surface area contributed by atoms with Gasteiger partial charge >= 0.3 is 5.97 Å². The van der Waals surface area contributed by atoms with Crippen LogP contribution in [-0.4, -0.2) is 45.3 Å². The third-order valence-corrected chi connectivity index (χ3v) is 7.54. The molecule has 4 rings (SSSR count). The Morgan fingerprint density at radius 2 is 1.92 bits per heavy atom. The Kier molecular flexibility index (Phi) is 8.16. The quantitative estimate of drug-likeness (QED) is 0.371. The summed E-state index contributed by atoms with van der Waals surface area (Å²) in [5, 5.41) is 5.42. The van der Waals surface area contributed by atoms with E-state index in [0.29, 0.717) is 53.4 Å². The number of benzene rings is 1. The zero-order chi connectivity index (χ0) is 25.8. The molecule has 1 aromatic heterocycles. The maximum atomic E-state index is 13.7. The molecule has 0 spiro atoms. The van der Waals surface area contributed by atoms with Crippen molar-refractivity contribution in [1.29, 1.82) is 0 Å². The molecule has 36 heavy (non-hydrogen) atoms. The maximum Gasteiger partial charge on any atom is 0.336 e. The largest absolute Gasteiger partial charge is 0.493 e. The molecular formula is C28H33NO6S. The monoisotopic (exact) mass is 511 g/mol. The zero-order valence-corrected chi connectivity index (χ0v) is 22.2. The number of para-hydroxylation sites is 1. The van der Waals surface area contributed by atoms with Crippen LogP contribution < -0.4 is 14.8 Å². The molecule has 0 radical (unpaired) electrons. The van der Waals surface area contributed by atoms with Gasteiger partial charge in [0.2, 0.25) is 0 Å². The van der Waals surface area contributed by atoms with Gasteiger partial charge in [0.05, 0.1) is 38.4 Å². The fourth-order valence-electron chi connectivity index (χ4n) is 4.98. The number of nitrogens with one attached hydrogen (secondary N) is 1. The summed E-state index contributed by atoms with van der Waals surface area (Å²) in [4.78, 5) is 28.3. The third kappa shape index (κ3) is 5.20. The summed E-state index contributed by atoms with van der Waals surface area (Å²) in [5.41, 5.74) is 3.19. The van der Waals surface area contributed by atoms with Gasteiger partial charge in [0.25, 0.3) is 0 Å². The first-order valence-electron chi connectivity index (χ1n) is 12.1. The number of methoxy groups -OCH3 is 2. The molecule has 0 bridgehead atoms. The number of carbonyl (C=O) groups excluding carboxylic acids is 2. The van der Waals surface area contributed by atoms with Crippen LogP contribution in [-0.2, 0) is 19.1 Å². The molecule has 1 aromatic carbocycles. The highest BCUT2D eigenvalue weighted by Crippen LogP contribution is 2.49. The summed E-state index contributed by atoms with van der Waals surface area (Å²) < 4.78 is 22.4. The van der Waals surface area contributed by atoms with Gasteiger partial charge < -0.3 is 24.3 Å². The summed E-state index contributed by atoms with van der Waals surface area (Å²) in [5.74, 6) is 0.0203. The molecule has 2 aliphatic rings. The van der Waals surface area contributed by atoms with Gasteiger partial charge in [0, 0.05) is 39.7 Å². The van der Waals surface area contributed by atoms with E-state index in [1.54, 1.807) is 31.6 Å². The Hall–Kier alpha value is -3.10. The number of hydrogen-bond acceptors (Lipinski definition) is 8. The minimum Gasteiger partial charge on any atom is -0.493 e. The van der Waals surface area contributed by atoms with Crippen LogP contribution in [0.4, 0.5) is 0 Å². The Bertz CT molecular complexity index is 1180. The Balaban J connectivity index is 1.77. The number of ketones is 1. The number of carbonyl (C=O) groups is 2. The van der Waals surface area contributed by atoms with Gasteiger partial charge in [-0.05, 0) is 44.7 Å². The van der Waals surface area contributed by atoms with Crippen LogP contribution in [0.15, 0.2) is 58.3 Å². The lowest BCUT2D eigenvalue weighted by Gasteiger charge is -2.37. The fraction of sp³-hybridized carbons (Fsp3) is 0.429. The van der Waals surface area contributed by atoms with E-state index in [1.165, 1.54) is 4.88 Å². The maximum absolute atomic E-state index is 13.7. The molecule has 2 atom stereocenters. The molecule has 8 heteroatoms. The highest BCUT2D eigenvalue weighted by atomic mass is 32.1. The molecule has 1 aliphatic heterocycles. The summed E-state index contributed by atoms with van der Waals surface area (Å²) in [6.07, 6.45) is 1.11. The van der Waals surface area contributed by atoms with Gasteiger partial charge in [0.1, 0.15) is 6.61 Å². The molecule has 2 aromatic rings. The number of esters is 1. The first-order chi connectivity index (χ1) is 17.3. The van der Waals surface area contributed by atoms with Crippen LogP contribution in [0.1, 0.15) is 55.9 Å². The van der Waals surface area contributed by atoms with Crippen molar-refractivity contribution < 1.29 is 28.5 Å². The summed E-state index contributed by atoms with van der Waals surface area (Å²) in [6.45, 7) is 6.12. The smallest absolute Gasteiger partial charge is 0.336 e. The molecule has 0 amide bonds. The van der Waals surface area contributed by atoms with Gasteiger partial charge in [0.15, 0.2) is 17.3 Å². The van der Waals surface area contributed by atoms with Crippen molar-refractivity contribution in [3.05, 3.63) is 68.7 Å². The van der Waals surface area contributed by atoms with Gasteiger partial charge in [-0.25, -0.2) is 4.79 Å². The molecule has 0 saturated carbocycles. The number of Topliss-reactive ketones (excluding diaryl/α,β-unsaturated/α-hetero) is 1. The Labute approximate surface area is 216 Å². The van der Waals surface area contributed by atoms with Crippen LogP contribution in [0.5, 0.6) is 11.5 Å². The van der Waals surface area contributed by atoms with Crippen molar-refractivity contribution in [2.24, 2.45) is 0 Å². The number of allylic oxidation sites excluding steroid dienone is 3. The fourth-order valence-corrected chi connectivity index (χ4v) is 5.81. The van der Waals surface area contributed by atoms with E-state index in [9.17, 15) is 9.59 Å². The van der Waals surface area contributed by atoms with E-state index in [-0.39, 0.29) is 24.4 Å². The molecule has 192 valence electrons. The van der Waals surface area contributed by atoms with Crippen molar-refractivity contribution in [2.45, 2.75) is 51.6 Å². The first-order valence-corrected chi connectivity index (χ1v) is 13.0. The lowest BCUT2D eigenvalue weighted by molar-refractivity contribution is -0.141.